The first-order valence-corrected chi connectivity index (χ1v) is 6.47. The number of amides is 1. The van der Waals surface area contributed by atoms with Crippen molar-refractivity contribution in [1.29, 1.82) is 0 Å². The number of carbonyl (C=O) groups excluding carboxylic acids is 1. The first kappa shape index (κ1) is 14.6. The molecule has 0 spiro atoms. The molecule has 0 aliphatic carbocycles. The van der Waals surface area contributed by atoms with Crippen molar-refractivity contribution in [3.63, 3.8) is 0 Å². The molecule has 1 aromatic carbocycles. The van der Waals surface area contributed by atoms with Gasteiger partial charge in [0.05, 0.1) is 16.9 Å². The van der Waals surface area contributed by atoms with Crippen molar-refractivity contribution in [3.05, 3.63) is 47.3 Å². The number of benzene rings is 1. The molecule has 0 saturated carbocycles. The molecule has 110 valence electrons. The van der Waals surface area contributed by atoms with E-state index in [0.717, 1.165) is 5.69 Å². The molecule has 4 N–H and O–H groups in total. The Morgan fingerprint density at radius 2 is 2.14 bits per heavy atom. The standard InChI is InChI=1S/C14H17N5O2/c1-3-11-10(8-19(2)17-11)14(20)16-12-7-5-4-6-9(12)13(15)18-21/h4-8,21H,3H2,1-2H3,(H2,15,18)(H,16,20). The van der Waals surface area contributed by atoms with Crippen molar-refractivity contribution < 1.29 is 10.0 Å². The molecule has 0 unspecified atom stereocenters. The summed E-state index contributed by atoms with van der Waals surface area (Å²) in [7, 11) is 1.76. The normalized spacial score (nSPS) is 11.4. The molecule has 0 aliphatic rings. The summed E-state index contributed by atoms with van der Waals surface area (Å²) in [5, 5.41) is 18.7. The van der Waals surface area contributed by atoms with E-state index in [4.69, 9.17) is 10.9 Å². The highest BCUT2D eigenvalue weighted by molar-refractivity contribution is 6.10. The van der Waals surface area contributed by atoms with Crippen LogP contribution < -0.4 is 11.1 Å². The monoisotopic (exact) mass is 287 g/mol. The number of para-hydroxylation sites is 1. The molecule has 1 aromatic heterocycles. The van der Waals surface area contributed by atoms with E-state index in [9.17, 15) is 4.79 Å². The molecular formula is C14H17N5O2. The van der Waals surface area contributed by atoms with Gasteiger partial charge in [-0.15, -0.1) is 0 Å². The zero-order valence-electron chi connectivity index (χ0n) is 11.9. The number of rotatable bonds is 4. The molecule has 21 heavy (non-hydrogen) atoms. The van der Waals surface area contributed by atoms with Crippen LogP contribution in [0.2, 0.25) is 0 Å². The number of oxime groups is 1. The minimum absolute atomic E-state index is 0.0622. The zero-order valence-corrected chi connectivity index (χ0v) is 11.9. The Bertz CT molecular complexity index is 690. The Kier molecular flexibility index (Phi) is 4.22. The third kappa shape index (κ3) is 3.02. The topological polar surface area (TPSA) is 106 Å². The van der Waals surface area contributed by atoms with Crippen LogP contribution in [0.5, 0.6) is 0 Å². The van der Waals surface area contributed by atoms with Crippen molar-refractivity contribution in [2.75, 3.05) is 5.32 Å². The summed E-state index contributed by atoms with van der Waals surface area (Å²) in [6.45, 7) is 1.93. The van der Waals surface area contributed by atoms with Crippen molar-refractivity contribution >= 4 is 17.4 Å². The second-order valence-corrected chi connectivity index (χ2v) is 4.50. The minimum atomic E-state index is -0.280. The van der Waals surface area contributed by atoms with Crippen molar-refractivity contribution in [2.45, 2.75) is 13.3 Å². The average Bonchev–Trinajstić information content (AvgIpc) is 2.88. The number of nitrogens with one attached hydrogen (secondary N) is 1. The summed E-state index contributed by atoms with van der Waals surface area (Å²) < 4.78 is 1.60. The van der Waals surface area contributed by atoms with E-state index < -0.39 is 0 Å². The zero-order chi connectivity index (χ0) is 15.4. The first-order valence-electron chi connectivity index (χ1n) is 6.47. The number of nitrogens with two attached hydrogens (primary N) is 1. The van der Waals surface area contributed by atoms with Gasteiger partial charge in [0.25, 0.3) is 5.91 Å². The van der Waals surface area contributed by atoms with Gasteiger partial charge >= 0.3 is 0 Å². The van der Waals surface area contributed by atoms with Gasteiger partial charge in [-0.25, -0.2) is 0 Å². The highest BCUT2D eigenvalue weighted by atomic mass is 16.4. The second kappa shape index (κ2) is 6.08. The Hall–Kier alpha value is -2.83. The van der Waals surface area contributed by atoms with Crippen LogP contribution in [0.1, 0.15) is 28.5 Å². The fourth-order valence-corrected chi connectivity index (χ4v) is 2.04. The molecule has 1 amide bonds. The largest absolute Gasteiger partial charge is 0.409 e. The number of hydrogen-bond donors (Lipinski definition) is 3. The number of aryl methyl sites for hydroxylation is 2. The molecule has 0 saturated heterocycles. The lowest BCUT2D eigenvalue weighted by Gasteiger charge is -2.09. The van der Waals surface area contributed by atoms with Gasteiger partial charge in [0.2, 0.25) is 0 Å². The molecule has 0 fully saturated rings. The molecule has 2 rings (SSSR count). The number of nitrogens with zero attached hydrogens (tertiary/aromatic N) is 3. The lowest BCUT2D eigenvalue weighted by atomic mass is 10.1. The Balaban J connectivity index is 2.32. The number of aromatic nitrogens is 2. The van der Waals surface area contributed by atoms with Crippen LogP contribution in [-0.4, -0.2) is 26.7 Å². The van der Waals surface area contributed by atoms with E-state index in [1.54, 1.807) is 42.2 Å². The van der Waals surface area contributed by atoms with Gasteiger partial charge in [-0.3, -0.25) is 9.48 Å². The Labute approximate surface area is 122 Å². The number of hydrogen-bond acceptors (Lipinski definition) is 4. The third-order valence-electron chi connectivity index (χ3n) is 3.04. The molecule has 7 heteroatoms. The maximum atomic E-state index is 12.4. The van der Waals surface area contributed by atoms with E-state index in [2.05, 4.69) is 15.6 Å². The lowest BCUT2D eigenvalue weighted by molar-refractivity contribution is 0.102. The van der Waals surface area contributed by atoms with Crippen molar-refractivity contribution in [2.24, 2.45) is 17.9 Å². The van der Waals surface area contributed by atoms with E-state index >= 15 is 0 Å². The maximum absolute atomic E-state index is 12.4. The minimum Gasteiger partial charge on any atom is -0.409 e. The molecule has 2 aromatic rings. The number of anilines is 1. The highest BCUT2D eigenvalue weighted by Crippen LogP contribution is 2.17. The van der Waals surface area contributed by atoms with Crippen LogP contribution in [0.25, 0.3) is 0 Å². The third-order valence-corrected chi connectivity index (χ3v) is 3.04. The lowest BCUT2D eigenvalue weighted by Crippen LogP contribution is -2.19. The molecule has 0 atom stereocenters. The molecule has 1 heterocycles. The van der Waals surface area contributed by atoms with Gasteiger partial charge in [-0.05, 0) is 18.6 Å². The predicted molar refractivity (Wildman–Crippen MR) is 79.5 cm³/mol. The average molecular weight is 287 g/mol. The highest BCUT2D eigenvalue weighted by Gasteiger charge is 2.16. The van der Waals surface area contributed by atoms with Crippen molar-refractivity contribution in [1.82, 2.24) is 9.78 Å². The first-order chi connectivity index (χ1) is 10.1. The van der Waals surface area contributed by atoms with Crippen LogP contribution in [0.3, 0.4) is 0 Å². The summed E-state index contributed by atoms with van der Waals surface area (Å²) in [6, 6.07) is 6.85. The fraction of sp³-hybridized carbons (Fsp3) is 0.214. The molecule has 7 nitrogen and oxygen atoms in total. The number of carbonyl (C=O) groups is 1. The SMILES string of the molecule is CCc1nn(C)cc1C(=O)Nc1ccccc1/C(N)=N/O. The smallest absolute Gasteiger partial charge is 0.259 e. The Morgan fingerprint density at radius 1 is 1.43 bits per heavy atom. The van der Waals surface area contributed by atoms with E-state index in [-0.39, 0.29) is 11.7 Å². The van der Waals surface area contributed by atoms with Gasteiger partial charge in [0.15, 0.2) is 5.84 Å². The van der Waals surface area contributed by atoms with Crippen LogP contribution in [0, 0.1) is 0 Å². The summed E-state index contributed by atoms with van der Waals surface area (Å²) in [6.07, 6.45) is 2.33. The van der Waals surface area contributed by atoms with Gasteiger partial charge < -0.3 is 16.3 Å². The van der Waals surface area contributed by atoms with Gasteiger partial charge in [0, 0.05) is 18.8 Å². The van der Waals surface area contributed by atoms with E-state index in [1.807, 2.05) is 6.92 Å². The maximum Gasteiger partial charge on any atom is 0.259 e. The van der Waals surface area contributed by atoms with Crippen LogP contribution >= 0.6 is 0 Å². The van der Waals surface area contributed by atoms with Gasteiger partial charge in [-0.2, -0.15) is 5.10 Å². The van der Waals surface area contributed by atoms with Gasteiger partial charge in [-0.1, -0.05) is 24.2 Å². The van der Waals surface area contributed by atoms with Crippen molar-refractivity contribution in [3.8, 4) is 0 Å². The molecule has 0 bridgehead atoms. The van der Waals surface area contributed by atoms with Crippen LogP contribution in [0.15, 0.2) is 35.6 Å². The number of amidine groups is 1. The predicted octanol–water partition coefficient (Wildman–Crippen LogP) is 1.33. The molecular weight excluding hydrogens is 270 g/mol. The van der Waals surface area contributed by atoms with E-state index in [1.165, 1.54) is 0 Å². The second-order valence-electron chi connectivity index (χ2n) is 4.50. The molecule has 0 aliphatic heterocycles. The summed E-state index contributed by atoms with van der Waals surface area (Å²) in [5.41, 5.74) is 7.76. The fourth-order valence-electron chi connectivity index (χ4n) is 2.04. The molecule has 0 radical (unpaired) electrons. The Morgan fingerprint density at radius 3 is 2.81 bits per heavy atom. The summed E-state index contributed by atoms with van der Waals surface area (Å²) in [4.78, 5) is 12.4. The van der Waals surface area contributed by atoms with E-state index in [0.29, 0.717) is 23.2 Å². The summed E-state index contributed by atoms with van der Waals surface area (Å²) >= 11 is 0. The quantitative estimate of drug-likeness (QED) is 0.341. The van der Waals surface area contributed by atoms with Crippen LogP contribution in [-0.2, 0) is 13.5 Å². The van der Waals surface area contributed by atoms with Gasteiger partial charge in [0.1, 0.15) is 0 Å². The van der Waals surface area contributed by atoms with Crippen LogP contribution in [0.4, 0.5) is 5.69 Å². The summed E-state index contributed by atoms with van der Waals surface area (Å²) in [5.74, 6) is -0.342.